The molecule has 0 bridgehead atoms. The monoisotopic (exact) mass is 253 g/mol. The van der Waals surface area contributed by atoms with Gasteiger partial charge in [0.15, 0.2) is 17.3 Å². The average molecular weight is 253 g/mol. The fourth-order valence-electron chi connectivity index (χ4n) is 2.17. The van der Waals surface area contributed by atoms with Crippen LogP contribution in [0, 0.1) is 0 Å². The molecule has 1 aliphatic carbocycles. The molecular formula is C12H15NO5. The van der Waals surface area contributed by atoms with Crippen molar-refractivity contribution < 1.29 is 24.1 Å². The summed E-state index contributed by atoms with van der Waals surface area (Å²) < 4.78 is 15.5. The van der Waals surface area contributed by atoms with Crippen molar-refractivity contribution in [2.45, 2.75) is 12.1 Å². The number of hydrogen-bond donors (Lipinski definition) is 2. The van der Waals surface area contributed by atoms with E-state index in [1.807, 2.05) is 0 Å². The van der Waals surface area contributed by atoms with Gasteiger partial charge >= 0.3 is 0 Å². The van der Waals surface area contributed by atoms with Gasteiger partial charge < -0.3 is 25.1 Å². The number of carbonyl (C=O) groups excluding carboxylic acids is 1. The van der Waals surface area contributed by atoms with E-state index in [2.05, 4.69) is 0 Å². The first kappa shape index (κ1) is 12.7. The number of rotatable bonds is 3. The Kier molecular flexibility index (Phi) is 3.14. The average Bonchev–Trinajstić information content (AvgIpc) is 2.61. The summed E-state index contributed by atoms with van der Waals surface area (Å²) in [5.74, 6) is 0.498. The van der Waals surface area contributed by atoms with E-state index in [1.54, 1.807) is 6.07 Å². The highest BCUT2D eigenvalue weighted by Gasteiger charge is 2.41. The second kappa shape index (κ2) is 4.47. The number of ketones is 1. The SMILES string of the molecule is COc1cc2c(c(OC)c1OC)C(=O)[C@@H](O)[C@H]2N. The molecule has 6 nitrogen and oxygen atoms in total. The number of methoxy groups -OCH3 is 3. The van der Waals surface area contributed by atoms with Gasteiger partial charge in [-0.15, -0.1) is 0 Å². The maximum Gasteiger partial charge on any atom is 0.204 e. The molecule has 0 aliphatic heterocycles. The summed E-state index contributed by atoms with van der Waals surface area (Å²) in [6.07, 6.45) is -1.26. The first-order chi connectivity index (χ1) is 8.56. The Hall–Kier alpha value is -1.79. The maximum absolute atomic E-state index is 11.9. The van der Waals surface area contributed by atoms with Gasteiger partial charge in [-0.05, 0) is 11.6 Å². The zero-order valence-corrected chi connectivity index (χ0v) is 10.4. The minimum atomic E-state index is -1.26. The van der Waals surface area contributed by atoms with Gasteiger partial charge in [-0.2, -0.15) is 0 Å². The number of carbonyl (C=O) groups is 1. The summed E-state index contributed by atoms with van der Waals surface area (Å²) in [4.78, 5) is 11.9. The Morgan fingerprint density at radius 1 is 1.17 bits per heavy atom. The summed E-state index contributed by atoms with van der Waals surface area (Å²) in [7, 11) is 4.34. The molecule has 1 aromatic carbocycles. The fourth-order valence-corrected chi connectivity index (χ4v) is 2.17. The summed E-state index contributed by atoms with van der Waals surface area (Å²) in [5, 5.41) is 9.72. The van der Waals surface area contributed by atoms with Gasteiger partial charge in [-0.25, -0.2) is 0 Å². The molecule has 18 heavy (non-hydrogen) atoms. The van der Waals surface area contributed by atoms with E-state index >= 15 is 0 Å². The van der Waals surface area contributed by atoms with E-state index in [0.29, 0.717) is 17.1 Å². The summed E-state index contributed by atoms with van der Waals surface area (Å²) in [6.45, 7) is 0. The van der Waals surface area contributed by atoms with Crippen LogP contribution in [0.3, 0.4) is 0 Å². The summed E-state index contributed by atoms with van der Waals surface area (Å²) in [5.41, 5.74) is 6.56. The molecule has 0 aromatic heterocycles. The number of aliphatic hydroxyl groups excluding tert-OH is 1. The molecule has 0 saturated carbocycles. The van der Waals surface area contributed by atoms with E-state index in [4.69, 9.17) is 19.9 Å². The molecule has 2 rings (SSSR count). The predicted molar refractivity (Wildman–Crippen MR) is 63.4 cm³/mol. The van der Waals surface area contributed by atoms with Gasteiger partial charge in [0, 0.05) is 0 Å². The molecule has 1 aromatic rings. The number of fused-ring (bicyclic) bond motifs is 1. The largest absolute Gasteiger partial charge is 0.493 e. The Bertz CT molecular complexity index is 500. The maximum atomic E-state index is 11.9. The van der Waals surface area contributed by atoms with Crippen LogP contribution < -0.4 is 19.9 Å². The van der Waals surface area contributed by atoms with Crippen LogP contribution in [0.4, 0.5) is 0 Å². The zero-order valence-electron chi connectivity index (χ0n) is 10.4. The van der Waals surface area contributed by atoms with Crippen molar-refractivity contribution in [3.8, 4) is 17.2 Å². The van der Waals surface area contributed by atoms with E-state index in [9.17, 15) is 9.90 Å². The lowest BCUT2D eigenvalue weighted by Crippen LogP contribution is -2.25. The van der Waals surface area contributed by atoms with Crippen molar-refractivity contribution in [1.82, 2.24) is 0 Å². The Morgan fingerprint density at radius 3 is 2.28 bits per heavy atom. The van der Waals surface area contributed by atoms with Crippen LogP contribution in [0.1, 0.15) is 22.0 Å². The first-order valence-electron chi connectivity index (χ1n) is 5.37. The molecule has 98 valence electrons. The smallest absolute Gasteiger partial charge is 0.204 e. The van der Waals surface area contributed by atoms with E-state index in [0.717, 1.165) is 0 Å². The predicted octanol–water partition coefficient (Wildman–Crippen LogP) is 0.269. The Balaban J connectivity index is 2.75. The number of hydrogen-bond acceptors (Lipinski definition) is 6. The lowest BCUT2D eigenvalue weighted by molar-refractivity contribution is 0.0734. The van der Waals surface area contributed by atoms with Crippen LogP contribution in [0.15, 0.2) is 6.07 Å². The van der Waals surface area contributed by atoms with Crippen LogP contribution in [0.25, 0.3) is 0 Å². The van der Waals surface area contributed by atoms with Crippen LogP contribution in [-0.2, 0) is 0 Å². The normalized spacial score (nSPS) is 21.7. The molecule has 2 atom stereocenters. The van der Waals surface area contributed by atoms with Crippen molar-refractivity contribution in [3.63, 3.8) is 0 Å². The lowest BCUT2D eigenvalue weighted by Gasteiger charge is -2.15. The third kappa shape index (κ3) is 1.53. The van der Waals surface area contributed by atoms with Crippen LogP contribution in [-0.4, -0.2) is 38.3 Å². The van der Waals surface area contributed by atoms with Crippen molar-refractivity contribution in [2.24, 2.45) is 5.73 Å². The molecule has 6 heteroatoms. The highest BCUT2D eigenvalue weighted by atomic mass is 16.5. The standard InChI is InChI=1S/C12H15NO5/c1-16-6-4-5-7(9(14)10(15)8(5)13)12(18-3)11(6)17-2/h4,8,10,15H,13H2,1-3H3/t8-,10-/m0/s1. The molecule has 3 N–H and O–H groups in total. The lowest BCUT2D eigenvalue weighted by atomic mass is 10.1. The summed E-state index contributed by atoms with van der Waals surface area (Å²) >= 11 is 0. The van der Waals surface area contributed by atoms with Gasteiger partial charge in [0.1, 0.15) is 6.10 Å². The molecule has 0 heterocycles. The molecule has 0 unspecified atom stereocenters. The van der Waals surface area contributed by atoms with Gasteiger partial charge in [-0.1, -0.05) is 0 Å². The topological polar surface area (TPSA) is 91.0 Å². The van der Waals surface area contributed by atoms with Crippen molar-refractivity contribution in [3.05, 3.63) is 17.2 Å². The second-order valence-corrected chi connectivity index (χ2v) is 3.94. The molecule has 0 fully saturated rings. The number of Topliss-reactive ketones (excluding diaryl/α,β-unsaturated/α-hetero) is 1. The Labute approximate surface area is 104 Å². The van der Waals surface area contributed by atoms with Gasteiger partial charge in [0.25, 0.3) is 0 Å². The molecular weight excluding hydrogens is 238 g/mol. The minimum Gasteiger partial charge on any atom is -0.493 e. The minimum absolute atomic E-state index is 0.240. The van der Waals surface area contributed by atoms with Crippen LogP contribution >= 0.6 is 0 Å². The fraction of sp³-hybridized carbons (Fsp3) is 0.417. The molecule has 0 amide bonds. The van der Waals surface area contributed by atoms with Gasteiger partial charge in [-0.3, -0.25) is 4.79 Å². The Morgan fingerprint density at radius 2 is 1.78 bits per heavy atom. The van der Waals surface area contributed by atoms with Gasteiger partial charge in [0.05, 0.1) is 32.9 Å². The molecule has 1 aliphatic rings. The van der Waals surface area contributed by atoms with Crippen LogP contribution in [0.2, 0.25) is 0 Å². The number of aliphatic hydroxyl groups is 1. The van der Waals surface area contributed by atoms with Crippen LogP contribution in [0.5, 0.6) is 17.2 Å². The molecule has 0 spiro atoms. The number of ether oxygens (including phenoxy) is 3. The number of benzene rings is 1. The highest BCUT2D eigenvalue weighted by Crippen LogP contribution is 2.47. The quantitative estimate of drug-likeness (QED) is 0.803. The molecule has 0 saturated heterocycles. The first-order valence-corrected chi connectivity index (χ1v) is 5.37. The summed E-state index contributed by atoms with van der Waals surface area (Å²) in [6, 6.07) is 0.816. The van der Waals surface area contributed by atoms with Crippen molar-refractivity contribution >= 4 is 5.78 Å². The number of nitrogens with two attached hydrogens (primary N) is 1. The van der Waals surface area contributed by atoms with Crippen molar-refractivity contribution in [2.75, 3.05) is 21.3 Å². The van der Waals surface area contributed by atoms with Crippen molar-refractivity contribution in [1.29, 1.82) is 0 Å². The van der Waals surface area contributed by atoms with E-state index in [-0.39, 0.29) is 11.3 Å². The van der Waals surface area contributed by atoms with E-state index < -0.39 is 17.9 Å². The second-order valence-electron chi connectivity index (χ2n) is 3.94. The molecule has 0 radical (unpaired) electrons. The third-order valence-corrected chi connectivity index (χ3v) is 3.07. The zero-order chi connectivity index (χ0) is 13.4. The highest BCUT2D eigenvalue weighted by molar-refractivity contribution is 6.08. The third-order valence-electron chi connectivity index (χ3n) is 3.07. The van der Waals surface area contributed by atoms with Gasteiger partial charge in [0.2, 0.25) is 5.75 Å². The van der Waals surface area contributed by atoms with E-state index in [1.165, 1.54) is 21.3 Å².